The molecule has 1 rings (SSSR count). The average Bonchev–Trinajstić information content (AvgIpc) is 2.18. The summed E-state index contributed by atoms with van der Waals surface area (Å²) in [5, 5.41) is 9.21. The van der Waals surface area contributed by atoms with Crippen molar-refractivity contribution < 1.29 is 14.6 Å². The Balaban J connectivity index is 3.15. The van der Waals surface area contributed by atoms with Gasteiger partial charge in [-0.15, -0.1) is 0 Å². The van der Waals surface area contributed by atoms with Crippen LogP contribution in [-0.2, 0) is 4.79 Å². The lowest BCUT2D eigenvalue weighted by atomic mass is 10.1. The molecule has 0 aliphatic heterocycles. The summed E-state index contributed by atoms with van der Waals surface area (Å²) in [5.74, 6) is -0.358. The summed E-state index contributed by atoms with van der Waals surface area (Å²) in [5.41, 5.74) is 0.676. The highest BCUT2D eigenvalue weighted by atomic mass is 35.5. The van der Waals surface area contributed by atoms with Crippen LogP contribution < -0.4 is 4.74 Å². The molecule has 3 nitrogen and oxygen atoms in total. The van der Waals surface area contributed by atoms with E-state index in [9.17, 15) is 4.79 Å². The fourth-order valence-electron chi connectivity index (χ4n) is 1.23. The van der Waals surface area contributed by atoms with Gasteiger partial charge < -0.3 is 9.84 Å². The van der Waals surface area contributed by atoms with Gasteiger partial charge in [0.05, 0.1) is 12.7 Å². The maximum atomic E-state index is 10.9. The van der Waals surface area contributed by atoms with Crippen LogP contribution in [-0.4, -0.2) is 18.2 Å². The summed E-state index contributed by atoms with van der Waals surface area (Å²) >= 11 is 5.71. The van der Waals surface area contributed by atoms with E-state index in [2.05, 4.69) is 0 Å². The predicted molar refractivity (Wildman–Crippen MR) is 59.1 cm³/mol. The minimum absolute atomic E-state index is 0.110. The third-order valence-corrected chi connectivity index (χ3v) is 2.13. The number of hydrogen-bond donors (Lipinski definition) is 1. The van der Waals surface area contributed by atoms with Crippen molar-refractivity contribution in [3.8, 4) is 5.75 Å². The second-order valence-corrected chi connectivity index (χ2v) is 3.51. The first-order valence-electron chi connectivity index (χ1n) is 4.30. The number of hydrogen-bond acceptors (Lipinski definition) is 2. The van der Waals surface area contributed by atoms with E-state index in [1.165, 1.54) is 0 Å². The van der Waals surface area contributed by atoms with E-state index in [1.54, 1.807) is 38.3 Å². The molecule has 0 radical (unpaired) electrons. The van der Waals surface area contributed by atoms with Gasteiger partial charge in [0, 0.05) is 5.03 Å². The van der Waals surface area contributed by atoms with Crippen LogP contribution in [0, 0.1) is 0 Å². The largest absolute Gasteiger partial charge is 0.497 e. The number of carboxylic acid groups (broad SMARTS) is 1. The number of carboxylic acids is 1. The Morgan fingerprint density at radius 3 is 2.20 bits per heavy atom. The van der Waals surface area contributed by atoms with Crippen molar-refractivity contribution in [1.29, 1.82) is 0 Å². The predicted octanol–water partition coefficient (Wildman–Crippen LogP) is 2.75. The smallest absolute Gasteiger partial charge is 0.337 e. The number of allylic oxidation sites excluding steroid dienone is 1. The van der Waals surface area contributed by atoms with Gasteiger partial charge in [0.1, 0.15) is 5.75 Å². The summed E-state index contributed by atoms with van der Waals surface area (Å²) in [6.45, 7) is 1.55. The van der Waals surface area contributed by atoms with E-state index in [4.69, 9.17) is 21.4 Å². The Hall–Kier alpha value is -1.48. The molecule has 0 amide bonds. The molecule has 0 bridgehead atoms. The van der Waals surface area contributed by atoms with Crippen LogP contribution in [0.25, 0.3) is 5.57 Å². The van der Waals surface area contributed by atoms with Crippen molar-refractivity contribution >= 4 is 23.1 Å². The Morgan fingerprint density at radius 1 is 1.33 bits per heavy atom. The second-order valence-electron chi connectivity index (χ2n) is 2.94. The maximum Gasteiger partial charge on any atom is 0.337 e. The molecule has 0 fully saturated rings. The molecule has 1 aromatic rings. The third kappa shape index (κ3) is 2.73. The van der Waals surface area contributed by atoms with Crippen LogP contribution >= 0.6 is 11.6 Å². The second kappa shape index (κ2) is 4.84. The standard InChI is InChI=1S/C11H11ClO3/c1-7(12)10(11(13)14)8-3-5-9(15-2)6-4-8/h3-6H,1-2H3,(H,13,14)/b10-7+. The molecular formula is C11H11ClO3. The topological polar surface area (TPSA) is 46.5 Å². The summed E-state index contributed by atoms with van der Waals surface area (Å²) in [4.78, 5) is 10.9. The van der Waals surface area contributed by atoms with Crippen LogP contribution in [0.5, 0.6) is 5.75 Å². The zero-order valence-corrected chi connectivity index (χ0v) is 9.21. The first-order valence-corrected chi connectivity index (χ1v) is 4.68. The number of methoxy groups -OCH3 is 1. The minimum atomic E-state index is -1.03. The zero-order chi connectivity index (χ0) is 11.4. The van der Waals surface area contributed by atoms with Crippen molar-refractivity contribution in [3.05, 3.63) is 34.9 Å². The molecule has 0 unspecified atom stereocenters. The molecule has 15 heavy (non-hydrogen) atoms. The highest BCUT2D eigenvalue weighted by Gasteiger charge is 2.12. The molecule has 0 saturated carbocycles. The molecule has 0 aliphatic rings. The molecule has 0 aromatic heterocycles. The molecule has 0 spiro atoms. The van der Waals surface area contributed by atoms with E-state index < -0.39 is 5.97 Å². The summed E-state index contributed by atoms with van der Waals surface area (Å²) in [7, 11) is 1.55. The monoisotopic (exact) mass is 226 g/mol. The van der Waals surface area contributed by atoms with Gasteiger partial charge in [0.2, 0.25) is 0 Å². The average molecular weight is 227 g/mol. The summed E-state index contributed by atoms with van der Waals surface area (Å²) in [6, 6.07) is 6.71. The summed E-state index contributed by atoms with van der Waals surface area (Å²) < 4.78 is 4.97. The van der Waals surface area contributed by atoms with Crippen LogP contribution in [0.15, 0.2) is 29.3 Å². The highest BCUT2D eigenvalue weighted by molar-refractivity contribution is 6.37. The van der Waals surface area contributed by atoms with Crippen LogP contribution in [0.2, 0.25) is 0 Å². The SMILES string of the molecule is COc1ccc(/C(C(=O)O)=C(/C)Cl)cc1. The number of carbonyl (C=O) groups is 1. The lowest BCUT2D eigenvalue weighted by molar-refractivity contribution is -0.130. The zero-order valence-electron chi connectivity index (χ0n) is 8.45. The Bertz CT molecular complexity index is 389. The van der Waals surface area contributed by atoms with E-state index >= 15 is 0 Å². The fourth-order valence-corrected chi connectivity index (χ4v) is 1.42. The van der Waals surface area contributed by atoms with Gasteiger partial charge in [-0.05, 0) is 24.6 Å². The maximum absolute atomic E-state index is 10.9. The van der Waals surface area contributed by atoms with E-state index in [-0.39, 0.29) is 10.6 Å². The molecule has 80 valence electrons. The minimum Gasteiger partial charge on any atom is -0.497 e. The number of halogens is 1. The highest BCUT2D eigenvalue weighted by Crippen LogP contribution is 2.23. The van der Waals surface area contributed by atoms with Crippen molar-refractivity contribution in [2.75, 3.05) is 7.11 Å². The first-order chi connectivity index (χ1) is 7.06. The number of benzene rings is 1. The lowest BCUT2D eigenvalue weighted by Gasteiger charge is -2.05. The van der Waals surface area contributed by atoms with Crippen molar-refractivity contribution in [2.24, 2.45) is 0 Å². The van der Waals surface area contributed by atoms with Gasteiger partial charge in [-0.2, -0.15) is 0 Å². The normalized spacial score (nSPS) is 11.9. The first kappa shape index (κ1) is 11.6. The third-order valence-electron chi connectivity index (χ3n) is 1.94. The number of aliphatic carboxylic acids is 1. The summed E-state index contributed by atoms with van der Waals surface area (Å²) in [6.07, 6.45) is 0. The Labute approximate surface area is 92.9 Å². The van der Waals surface area contributed by atoms with Crippen LogP contribution in [0.3, 0.4) is 0 Å². The van der Waals surface area contributed by atoms with Crippen LogP contribution in [0.4, 0.5) is 0 Å². The molecule has 1 aromatic carbocycles. The number of ether oxygens (including phenoxy) is 1. The van der Waals surface area contributed by atoms with Gasteiger partial charge in [-0.1, -0.05) is 23.7 Å². The lowest BCUT2D eigenvalue weighted by Crippen LogP contribution is -2.00. The molecule has 1 N–H and O–H groups in total. The Kier molecular flexibility index (Phi) is 3.74. The van der Waals surface area contributed by atoms with Gasteiger partial charge >= 0.3 is 5.97 Å². The fraction of sp³-hybridized carbons (Fsp3) is 0.182. The number of rotatable bonds is 3. The molecular weight excluding hydrogens is 216 g/mol. The molecule has 0 heterocycles. The van der Waals surface area contributed by atoms with E-state index in [1.807, 2.05) is 0 Å². The van der Waals surface area contributed by atoms with Gasteiger partial charge in [0.25, 0.3) is 0 Å². The van der Waals surface area contributed by atoms with Crippen LogP contribution in [0.1, 0.15) is 12.5 Å². The molecule has 0 atom stereocenters. The molecule has 4 heteroatoms. The van der Waals surface area contributed by atoms with Gasteiger partial charge in [-0.25, -0.2) is 4.79 Å². The van der Waals surface area contributed by atoms with Crippen molar-refractivity contribution in [2.45, 2.75) is 6.92 Å². The molecule has 0 aliphatic carbocycles. The van der Waals surface area contributed by atoms with Crippen molar-refractivity contribution in [3.63, 3.8) is 0 Å². The quantitative estimate of drug-likeness (QED) is 0.807. The molecule has 0 saturated heterocycles. The van der Waals surface area contributed by atoms with Crippen molar-refractivity contribution in [1.82, 2.24) is 0 Å². The van der Waals surface area contributed by atoms with Gasteiger partial charge in [0.15, 0.2) is 0 Å². The van der Waals surface area contributed by atoms with E-state index in [0.29, 0.717) is 11.3 Å². The Morgan fingerprint density at radius 2 is 1.87 bits per heavy atom. The van der Waals surface area contributed by atoms with E-state index in [0.717, 1.165) is 0 Å². The van der Waals surface area contributed by atoms with Gasteiger partial charge in [-0.3, -0.25) is 0 Å².